The zero-order valence-electron chi connectivity index (χ0n) is 23.4. The molecule has 2 atom stereocenters. The highest BCUT2D eigenvalue weighted by molar-refractivity contribution is 5.72. The lowest BCUT2D eigenvalue weighted by atomic mass is 9.91. The predicted octanol–water partition coefficient (Wildman–Crippen LogP) is 4.63. The molecule has 0 spiro atoms. The van der Waals surface area contributed by atoms with Gasteiger partial charge in [0.05, 0.1) is 25.6 Å². The number of rotatable bonds is 8. The molecule has 0 bridgehead atoms. The number of alkyl halides is 1. The maximum absolute atomic E-state index is 13.9. The van der Waals surface area contributed by atoms with E-state index in [1.165, 1.54) is 49.7 Å². The van der Waals surface area contributed by atoms with Crippen LogP contribution in [0, 0.1) is 12.8 Å². The van der Waals surface area contributed by atoms with Crippen molar-refractivity contribution in [3.05, 3.63) is 46.5 Å². The van der Waals surface area contributed by atoms with Gasteiger partial charge in [0.1, 0.15) is 11.7 Å². The topological polar surface area (TPSA) is 88.4 Å². The summed E-state index contributed by atoms with van der Waals surface area (Å²) < 4.78 is 21.0. The lowest BCUT2D eigenvalue weighted by Gasteiger charge is -2.35. The number of anilines is 3. The summed E-state index contributed by atoms with van der Waals surface area (Å²) in [7, 11) is 0. The lowest BCUT2D eigenvalue weighted by molar-refractivity contribution is 0.0365. The number of ether oxygens (including phenoxy) is 1. The number of piperidine rings is 1. The molecule has 214 valence electrons. The van der Waals surface area contributed by atoms with Crippen molar-refractivity contribution in [2.45, 2.75) is 64.1 Å². The molecular formula is C30H40FN7O2. The summed E-state index contributed by atoms with van der Waals surface area (Å²) in [5, 5.41) is 3.30. The van der Waals surface area contributed by atoms with Crippen molar-refractivity contribution < 1.29 is 9.13 Å². The van der Waals surface area contributed by atoms with E-state index in [2.05, 4.69) is 55.2 Å². The number of benzene rings is 1. The Morgan fingerprint density at radius 2 is 1.88 bits per heavy atom. The zero-order chi connectivity index (χ0) is 27.5. The minimum absolute atomic E-state index is 0.203. The molecule has 0 amide bonds. The van der Waals surface area contributed by atoms with Crippen LogP contribution in [0.4, 0.5) is 21.7 Å². The van der Waals surface area contributed by atoms with Crippen molar-refractivity contribution >= 4 is 28.5 Å². The molecule has 2 unspecified atom stereocenters. The number of nitrogens with one attached hydrogen (secondary N) is 1. The molecule has 1 N–H and O–H groups in total. The van der Waals surface area contributed by atoms with Crippen LogP contribution in [-0.2, 0) is 4.74 Å². The molecule has 3 fully saturated rings. The second kappa shape index (κ2) is 12.2. The summed E-state index contributed by atoms with van der Waals surface area (Å²) >= 11 is 0. The third kappa shape index (κ3) is 6.12. The monoisotopic (exact) mass is 549 g/mol. The van der Waals surface area contributed by atoms with E-state index in [-0.39, 0.29) is 11.6 Å². The second-order valence-electron chi connectivity index (χ2n) is 11.6. The van der Waals surface area contributed by atoms with E-state index < -0.39 is 6.17 Å². The smallest absolute Gasteiger partial charge is 0.270 e. The summed E-state index contributed by atoms with van der Waals surface area (Å²) in [5.41, 5.74) is 4.10. The van der Waals surface area contributed by atoms with Crippen molar-refractivity contribution in [2.75, 3.05) is 56.2 Å². The van der Waals surface area contributed by atoms with E-state index in [1.54, 1.807) is 10.8 Å². The Hall–Kier alpha value is -3.11. The Balaban J connectivity index is 1.08. The van der Waals surface area contributed by atoms with Crippen molar-refractivity contribution in [1.82, 2.24) is 24.4 Å². The number of aromatic nitrogens is 4. The van der Waals surface area contributed by atoms with Gasteiger partial charge < -0.3 is 15.0 Å². The molecule has 2 aromatic heterocycles. The van der Waals surface area contributed by atoms with Crippen molar-refractivity contribution in [3.63, 3.8) is 0 Å². The number of nitrogens with zero attached hydrogens (tertiary/aromatic N) is 6. The maximum atomic E-state index is 13.9. The highest BCUT2D eigenvalue weighted by Crippen LogP contribution is 2.33. The van der Waals surface area contributed by atoms with Gasteiger partial charge in [0.2, 0.25) is 5.95 Å². The summed E-state index contributed by atoms with van der Waals surface area (Å²) in [6.45, 7) is 9.44. The van der Waals surface area contributed by atoms with Gasteiger partial charge in [0, 0.05) is 43.6 Å². The van der Waals surface area contributed by atoms with Crippen LogP contribution in [0.2, 0.25) is 0 Å². The molecule has 10 heteroatoms. The van der Waals surface area contributed by atoms with Crippen LogP contribution in [0.15, 0.2) is 35.4 Å². The van der Waals surface area contributed by atoms with Crippen LogP contribution in [0.5, 0.6) is 0 Å². The fourth-order valence-electron chi connectivity index (χ4n) is 6.59. The quantitative estimate of drug-likeness (QED) is 0.435. The fourth-order valence-corrected chi connectivity index (χ4v) is 6.59. The van der Waals surface area contributed by atoms with Gasteiger partial charge in [-0.3, -0.25) is 14.3 Å². The van der Waals surface area contributed by atoms with Crippen LogP contribution in [-0.4, -0.2) is 76.5 Å². The van der Waals surface area contributed by atoms with E-state index in [0.717, 1.165) is 51.0 Å². The highest BCUT2D eigenvalue weighted by atomic mass is 19.1. The van der Waals surface area contributed by atoms with E-state index >= 15 is 0 Å². The Morgan fingerprint density at radius 3 is 2.62 bits per heavy atom. The fraction of sp³-hybridized carbons (Fsp3) is 0.600. The van der Waals surface area contributed by atoms with Gasteiger partial charge in [-0.15, -0.1) is 0 Å². The summed E-state index contributed by atoms with van der Waals surface area (Å²) in [5.74, 6) is 1.21. The SMILES string of the molecule is Cc1cc(Nc2ncc3ncc(=O)n(C4CCC(F)C4)c3n2)ccc1N1CCC(CCCN2CCOCC2)CC1. The van der Waals surface area contributed by atoms with Gasteiger partial charge >= 0.3 is 0 Å². The summed E-state index contributed by atoms with van der Waals surface area (Å²) in [4.78, 5) is 31.0. The Kier molecular flexibility index (Phi) is 8.25. The number of morpholine rings is 1. The summed E-state index contributed by atoms with van der Waals surface area (Å²) in [6, 6.07) is 6.16. The predicted molar refractivity (Wildman–Crippen MR) is 155 cm³/mol. The molecule has 2 saturated heterocycles. The molecule has 3 aromatic rings. The van der Waals surface area contributed by atoms with Crippen LogP contribution >= 0.6 is 0 Å². The maximum Gasteiger partial charge on any atom is 0.270 e. The van der Waals surface area contributed by atoms with Gasteiger partial charge in [0.15, 0.2) is 5.65 Å². The number of aryl methyl sites for hydroxylation is 1. The minimum Gasteiger partial charge on any atom is -0.379 e. The van der Waals surface area contributed by atoms with E-state index in [4.69, 9.17) is 4.74 Å². The average molecular weight is 550 g/mol. The third-order valence-electron chi connectivity index (χ3n) is 8.83. The molecule has 9 nitrogen and oxygen atoms in total. The second-order valence-corrected chi connectivity index (χ2v) is 11.6. The number of halogens is 1. The third-order valence-corrected chi connectivity index (χ3v) is 8.83. The van der Waals surface area contributed by atoms with Crippen LogP contribution < -0.4 is 15.8 Å². The first-order valence-electron chi connectivity index (χ1n) is 14.8. The van der Waals surface area contributed by atoms with E-state index in [9.17, 15) is 9.18 Å². The molecule has 40 heavy (non-hydrogen) atoms. The lowest BCUT2D eigenvalue weighted by Crippen LogP contribution is -2.37. The van der Waals surface area contributed by atoms with Crippen molar-refractivity contribution in [2.24, 2.45) is 5.92 Å². The van der Waals surface area contributed by atoms with Gasteiger partial charge in [-0.2, -0.15) is 4.98 Å². The van der Waals surface area contributed by atoms with Crippen molar-refractivity contribution in [1.29, 1.82) is 0 Å². The first-order chi connectivity index (χ1) is 19.5. The molecule has 6 rings (SSSR count). The van der Waals surface area contributed by atoms with Crippen molar-refractivity contribution in [3.8, 4) is 0 Å². The number of hydrogen-bond acceptors (Lipinski definition) is 8. The molecule has 1 saturated carbocycles. The first kappa shape index (κ1) is 27.1. The summed E-state index contributed by atoms with van der Waals surface area (Å²) in [6.07, 6.45) is 8.52. The first-order valence-corrected chi connectivity index (χ1v) is 14.8. The van der Waals surface area contributed by atoms with E-state index in [0.29, 0.717) is 36.4 Å². The molecular weight excluding hydrogens is 509 g/mol. The largest absolute Gasteiger partial charge is 0.379 e. The normalized spacial score (nSPS) is 22.7. The Bertz CT molecular complexity index is 1370. The molecule has 0 radical (unpaired) electrons. The molecule has 2 aliphatic heterocycles. The van der Waals surface area contributed by atoms with Crippen LogP contribution in [0.25, 0.3) is 11.2 Å². The Labute approximate surface area is 234 Å². The van der Waals surface area contributed by atoms with E-state index in [1.807, 2.05) is 0 Å². The molecule has 3 aliphatic rings. The minimum atomic E-state index is -0.882. The van der Waals surface area contributed by atoms with Crippen LogP contribution in [0.3, 0.4) is 0 Å². The molecule has 4 heterocycles. The number of fused-ring (bicyclic) bond motifs is 1. The van der Waals surface area contributed by atoms with Crippen LogP contribution in [0.1, 0.15) is 56.6 Å². The van der Waals surface area contributed by atoms with Gasteiger partial charge in [0.25, 0.3) is 5.56 Å². The average Bonchev–Trinajstić information content (AvgIpc) is 3.39. The highest BCUT2D eigenvalue weighted by Gasteiger charge is 2.28. The van der Waals surface area contributed by atoms with Gasteiger partial charge in [-0.1, -0.05) is 0 Å². The van der Waals surface area contributed by atoms with Gasteiger partial charge in [-0.05, 0) is 88.1 Å². The number of hydrogen-bond donors (Lipinski definition) is 1. The molecule has 1 aliphatic carbocycles. The van der Waals surface area contributed by atoms with Gasteiger partial charge in [-0.25, -0.2) is 14.4 Å². The molecule has 1 aromatic carbocycles. The zero-order valence-corrected chi connectivity index (χ0v) is 23.4. The Morgan fingerprint density at radius 1 is 1.05 bits per heavy atom. The standard InChI is InChI=1S/C30H40FN7O2/c1-21-17-24(5-7-27(21)37-11-8-22(9-12-37)3-2-10-36-13-15-40-16-14-36)34-30-33-19-26-29(35-30)38(28(39)20-32-26)25-6-4-23(31)18-25/h5,7,17,19-20,22-23,25H,2-4,6,8-16,18H2,1H3,(H,33,34,35).